The van der Waals surface area contributed by atoms with Crippen molar-refractivity contribution in [1.82, 2.24) is 15.0 Å². The van der Waals surface area contributed by atoms with Crippen molar-refractivity contribution >= 4 is 35.0 Å². The van der Waals surface area contributed by atoms with E-state index in [2.05, 4.69) is 44.3 Å². The van der Waals surface area contributed by atoms with Crippen LogP contribution in [0.1, 0.15) is 23.7 Å². The first-order chi connectivity index (χ1) is 12.7. The van der Waals surface area contributed by atoms with E-state index in [9.17, 15) is 0 Å². The highest BCUT2D eigenvalue weighted by atomic mass is 35.5. The molecule has 0 unspecified atom stereocenters. The Balaban J connectivity index is 1.69. The SMILES string of the molecule is CCc1cnc(N(C/C=C/c2ccc(Cl)cc2)CCc2cscn2)nc1. The van der Waals surface area contributed by atoms with Crippen molar-refractivity contribution in [2.75, 3.05) is 18.0 Å². The Hall–Kier alpha value is -2.24. The number of thiazole rings is 1. The molecule has 3 rings (SSSR count). The first kappa shape index (κ1) is 18.5. The predicted molar refractivity (Wildman–Crippen MR) is 110 cm³/mol. The second-order valence-corrected chi connectivity index (χ2v) is 7.03. The van der Waals surface area contributed by atoms with Gasteiger partial charge in [0.2, 0.25) is 5.95 Å². The van der Waals surface area contributed by atoms with Crippen LogP contribution in [0.25, 0.3) is 6.08 Å². The summed E-state index contributed by atoms with van der Waals surface area (Å²) < 4.78 is 0. The predicted octanol–water partition coefficient (Wildman–Crippen LogP) is 4.91. The number of benzene rings is 1. The average Bonchev–Trinajstić information content (AvgIpc) is 3.20. The zero-order valence-corrected chi connectivity index (χ0v) is 16.2. The number of aryl methyl sites for hydroxylation is 1. The van der Waals surface area contributed by atoms with Crippen LogP contribution in [0.3, 0.4) is 0 Å². The molecule has 2 heterocycles. The minimum atomic E-state index is 0.734. The molecular formula is C20H21ClN4S. The summed E-state index contributed by atoms with van der Waals surface area (Å²) in [5.74, 6) is 0.748. The largest absolute Gasteiger partial charge is 0.337 e. The van der Waals surface area contributed by atoms with Gasteiger partial charge in [0.15, 0.2) is 0 Å². The number of hydrogen-bond acceptors (Lipinski definition) is 5. The smallest absolute Gasteiger partial charge is 0.225 e. The summed E-state index contributed by atoms with van der Waals surface area (Å²) in [6.07, 6.45) is 9.84. The lowest BCUT2D eigenvalue weighted by Gasteiger charge is -2.20. The summed E-state index contributed by atoms with van der Waals surface area (Å²) >= 11 is 7.56. The van der Waals surface area contributed by atoms with Gasteiger partial charge in [0.1, 0.15) is 0 Å². The highest BCUT2D eigenvalue weighted by Gasteiger charge is 2.09. The van der Waals surface area contributed by atoms with E-state index in [1.807, 2.05) is 42.2 Å². The van der Waals surface area contributed by atoms with Crippen molar-refractivity contribution < 1.29 is 0 Å². The Kier molecular flexibility index (Phi) is 6.75. The van der Waals surface area contributed by atoms with E-state index < -0.39 is 0 Å². The normalized spacial score (nSPS) is 11.2. The Labute approximate surface area is 163 Å². The minimum absolute atomic E-state index is 0.734. The van der Waals surface area contributed by atoms with Crippen LogP contribution in [0.15, 0.2) is 53.6 Å². The summed E-state index contributed by atoms with van der Waals surface area (Å²) in [7, 11) is 0. The highest BCUT2D eigenvalue weighted by molar-refractivity contribution is 7.07. The maximum absolute atomic E-state index is 5.94. The molecular weight excluding hydrogens is 364 g/mol. The molecule has 0 fully saturated rings. The summed E-state index contributed by atoms with van der Waals surface area (Å²) in [6.45, 7) is 3.66. The number of rotatable bonds is 8. The third-order valence-corrected chi connectivity index (χ3v) is 4.90. The summed E-state index contributed by atoms with van der Waals surface area (Å²) in [4.78, 5) is 15.6. The van der Waals surface area contributed by atoms with Crippen molar-refractivity contribution in [3.05, 3.63) is 75.5 Å². The van der Waals surface area contributed by atoms with E-state index in [1.54, 1.807) is 11.3 Å². The van der Waals surface area contributed by atoms with Crippen molar-refractivity contribution in [2.24, 2.45) is 0 Å². The van der Waals surface area contributed by atoms with Gasteiger partial charge in [-0.2, -0.15) is 0 Å². The lowest BCUT2D eigenvalue weighted by Crippen LogP contribution is -2.28. The maximum atomic E-state index is 5.94. The molecule has 0 aliphatic heterocycles. The van der Waals surface area contributed by atoms with E-state index in [0.29, 0.717) is 0 Å². The van der Waals surface area contributed by atoms with Crippen LogP contribution in [0.5, 0.6) is 0 Å². The molecule has 1 aromatic carbocycles. The van der Waals surface area contributed by atoms with Crippen molar-refractivity contribution in [1.29, 1.82) is 0 Å². The van der Waals surface area contributed by atoms with Gasteiger partial charge in [-0.05, 0) is 29.7 Å². The molecule has 0 N–H and O–H groups in total. The Bertz CT molecular complexity index is 814. The molecule has 0 bridgehead atoms. The molecule has 26 heavy (non-hydrogen) atoms. The number of nitrogens with zero attached hydrogens (tertiary/aromatic N) is 4. The van der Waals surface area contributed by atoms with Crippen LogP contribution < -0.4 is 4.90 Å². The molecule has 0 atom stereocenters. The zero-order chi connectivity index (χ0) is 18.2. The third-order valence-electron chi connectivity index (χ3n) is 4.01. The van der Waals surface area contributed by atoms with E-state index in [1.165, 1.54) is 0 Å². The van der Waals surface area contributed by atoms with Crippen molar-refractivity contribution in [2.45, 2.75) is 19.8 Å². The van der Waals surface area contributed by atoms with Crippen LogP contribution in [0.2, 0.25) is 5.02 Å². The molecule has 0 saturated carbocycles. The lowest BCUT2D eigenvalue weighted by atomic mass is 10.2. The molecule has 0 amide bonds. The van der Waals surface area contributed by atoms with Gasteiger partial charge in [0.05, 0.1) is 11.2 Å². The Morgan fingerprint density at radius 2 is 1.88 bits per heavy atom. The summed E-state index contributed by atoms with van der Waals surface area (Å²) in [5, 5.41) is 2.83. The zero-order valence-electron chi connectivity index (χ0n) is 14.7. The number of anilines is 1. The van der Waals surface area contributed by atoms with Gasteiger partial charge in [-0.15, -0.1) is 11.3 Å². The second kappa shape index (κ2) is 9.46. The van der Waals surface area contributed by atoms with Gasteiger partial charge in [0, 0.05) is 42.3 Å². The lowest BCUT2D eigenvalue weighted by molar-refractivity contribution is 0.788. The van der Waals surface area contributed by atoms with E-state index >= 15 is 0 Å². The number of aromatic nitrogens is 3. The van der Waals surface area contributed by atoms with Crippen molar-refractivity contribution in [3.8, 4) is 0 Å². The molecule has 0 saturated heterocycles. The van der Waals surface area contributed by atoms with Crippen LogP contribution in [0.4, 0.5) is 5.95 Å². The number of halogens is 1. The fraction of sp³-hybridized carbons (Fsp3) is 0.250. The standard InChI is InChI=1S/C20H21ClN4S/c1-2-16-12-22-20(23-13-16)25(11-9-19-14-26-15-24-19)10-3-4-17-5-7-18(21)8-6-17/h3-8,12-15H,2,9-11H2,1H3/b4-3+. The fourth-order valence-corrected chi connectivity index (χ4v) is 3.19. The van der Waals surface area contributed by atoms with Gasteiger partial charge >= 0.3 is 0 Å². The molecule has 2 aromatic heterocycles. The highest BCUT2D eigenvalue weighted by Crippen LogP contribution is 2.13. The maximum Gasteiger partial charge on any atom is 0.225 e. The van der Waals surface area contributed by atoms with E-state index in [4.69, 9.17) is 11.6 Å². The molecule has 6 heteroatoms. The number of hydrogen-bond donors (Lipinski definition) is 0. The first-order valence-electron chi connectivity index (χ1n) is 8.59. The molecule has 0 radical (unpaired) electrons. The third kappa shape index (κ3) is 5.38. The van der Waals surface area contributed by atoms with E-state index in [0.717, 1.165) is 53.7 Å². The minimum Gasteiger partial charge on any atom is -0.337 e. The average molecular weight is 385 g/mol. The molecule has 0 spiro atoms. The Morgan fingerprint density at radius 3 is 2.54 bits per heavy atom. The van der Waals surface area contributed by atoms with Crippen LogP contribution >= 0.6 is 22.9 Å². The molecule has 4 nitrogen and oxygen atoms in total. The topological polar surface area (TPSA) is 41.9 Å². The monoisotopic (exact) mass is 384 g/mol. The summed E-state index contributed by atoms with van der Waals surface area (Å²) in [5.41, 5.74) is 5.24. The molecule has 0 aliphatic rings. The van der Waals surface area contributed by atoms with Crippen LogP contribution in [0, 0.1) is 0 Å². The van der Waals surface area contributed by atoms with Gasteiger partial charge in [0.25, 0.3) is 0 Å². The molecule has 3 aromatic rings. The molecule has 134 valence electrons. The molecule has 0 aliphatic carbocycles. The Morgan fingerprint density at radius 1 is 1.12 bits per heavy atom. The van der Waals surface area contributed by atoms with Crippen LogP contribution in [-0.4, -0.2) is 28.0 Å². The quantitative estimate of drug-likeness (QED) is 0.553. The summed E-state index contributed by atoms with van der Waals surface area (Å²) in [6, 6.07) is 7.80. The van der Waals surface area contributed by atoms with Crippen LogP contribution in [-0.2, 0) is 12.8 Å². The van der Waals surface area contributed by atoms with Gasteiger partial charge in [-0.25, -0.2) is 15.0 Å². The fourth-order valence-electron chi connectivity index (χ4n) is 2.47. The van der Waals surface area contributed by atoms with Crippen molar-refractivity contribution in [3.63, 3.8) is 0 Å². The van der Waals surface area contributed by atoms with Gasteiger partial charge in [-0.3, -0.25) is 0 Å². The second-order valence-electron chi connectivity index (χ2n) is 5.87. The first-order valence-corrected chi connectivity index (χ1v) is 9.91. The van der Waals surface area contributed by atoms with E-state index in [-0.39, 0.29) is 0 Å². The van der Waals surface area contributed by atoms with Gasteiger partial charge in [-0.1, -0.05) is 42.8 Å². The van der Waals surface area contributed by atoms with Gasteiger partial charge < -0.3 is 4.90 Å².